The second-order valence-electron chi connectivity index (χ2n) is 5.01. The number of para-hydroxylation sites is 1. The van der Waals surface area contributed by atoms with Crippen molar-refractivity contribution in [3.63, 3.8) is 0 Å². The van der Waals surface area contributed by atoms with E-state index in [1.54, 1.807) is 6.20 Å². The van der Waals surface area contributed by atoms with E-state index in [0.717, 1.165) is 16.5 Å². The van der Waals surface area contributed by atoms with Crippen LogP contribution >= 0.6 is 0 Å². The maximum Gasteiger partial charge on any atom is 0.326 e. The summed E-state index contributed by atoms with van der Waals surface area (Å²) in [4.78, 5) is 28.5. The number of amides is 1. The van der Waals surface area contributed by atoms with Crippen LogP contribution in [-0.2, 0) is 16.0 Å². The minimum Gasteiger partial charge on any atom is -0.480 e. The number of carbonyl (C=O) groups is 2. The molecule has 1 amide bonds. The van der Waals surface area contributed by atoms with Crippen LogP contribution in [0.2, 0.25) is 0 Å². The Bertz CT molecular complexity index is 664. The summed E-state index contributed by atoms with van der Waals surface area (Å²) >= 11 is 0. The van der Waals surface area contributed by atoms with E-state index >= 15 is 0 Å². The Hall–Kier alpha value is -2.43. The Morgan fingerprint density at radius 3 is 2.71 bits per heavy atom. The first kappa shape index (κ1) is 15.0. The maximum atomic E-state index is 12.0. The fourth-order valence-electron chi connectivity index (χ4n) is 2.17. The van der Waals surface area contributed by atoms with Gasteiger partial charge >= 0.3 is 5.97 Å². The first-order valence-electron chi connectivity index (χ1n) is 6.82. The molecule has 1 aromatic carbocycles. The number of pyridine rings is 1. The van der Waals surface area contributed by atoms with Gasteiger partial charge in [-0.1, -0.05) is 18.2 Å². The molecule has 5 heteroatoms. The van der Waals surface area contributed by atoms with Crippen molar-refractivity contribution in [2.75, 3.05) is 7.05 Å². The fraction of sp³-hybridized carbons (Fsp3) is 0.312. The number of fused-ring (bicyclic) bond motifs is 1. The third kappa shape index (κ3) is 3.37. The first-order chi connectivity index (χ1) is 10.0. The zero-order chi connectivity index (χ0) is 15.4. The van der Waals surface area contributed by atoms with Crippen LogP contribution in [0.25, 0.3) is 10.9 Å². The number of carbonyl (C=O) groups excluding carboxylic acids is 1. The molecule has 1 unspecified atom stereocenters. The molecule has 1 N–H and O–H groups in total. The standard InChI is InChI=1S/C16H18N2O3/c1-11(16(20)21)18(2)15(19)8-7-12-9-10-17-14-6-4-3-5-13(12)14/h3-6,9-11H,7-8H2,1-2H3,(H,20,21). The molecule has 110 valence electrons. The zero-order valence-corrected chi connectivity index (χ0v) is 12.1. The number of hydrogen-bond donors (Lipinski definition) is 1. The van der Waals surface area contributed by atoms with Crippen molar-refractivity contribution in [1.29, 1.82) is 0 Å². The predicted molar refractivity (Wildman–Crippen MR) is 79.9 cm³/mol. The number of nitrogens with zero attached hydrogens (tertiary/aromatic N) is 2. The normalized spacial score (nSPS) is 12.1. The third-order valence-corrected chi connectivity index (χ3v) is 3.68. The Kier molecular flexibility index (Phi) is 4.52. The molecule has 2 rings (SSSR count). The fourth-order valence-corrected chi connectivity index (χ4v) is 2.17. The van der Waals surface area contributed by atoms with Gasteiger partial charge in [-0.15, -0.1) is 0 Å². The highest BCUT2D eigenvalue weighted by Gasteiger charge is 2.21. The lowest BCUT2D eigenvalue weighted by atomic mass is 10.0. The molecular formula is C16H18N2O3. The van der Waals surface area contributed by atoms with E-state index in [1.165, 1.54) is 18.9 Å². The number of carboxylic acids is 1. The molecule has 1 atom stereocenters. The number of aromatic nitrogens is 1. The van der Waals surface area contributed by atoms with Crippen molar-refractivity contribution in [2.45, 2.75) is 25.8 Å². The van der Waals surface area contributed by atoms with E-state index in [0.29, 0.717) is 6.42 Å². The van der Waals surface area contributed by atoms with Gasteiger partial charge in [0, 0.05) is 25.1 Å². The van der Waals surface area contributed by atoms with Gasteiger partial charge in [0.15, 0.2) is 0 Å². The molecule has 0 spiro atoms. The molecular weight excluding hydrogens is 268 g/mol. The number of aryl methyl sites for hydroxylation is 1. The highest BCUT2D eigenvalue weighted by atomic mass is 16.4. The number of rotatable bonds is 5. The van der Waals surface area contributed by atoms with Crippen LogP contribution in [0.4, 0.5) is 0 Å². The number of likely N-dealkylation sites (N-methyl/N-ethyl adjacent to an activating group) is 1. The highest BCUT2D eigenvalue weighted by Crippen LogP contribution is 2.18. The van der Waals surface area contributed by atoms with Crippen molar-refractivity contribution >= 4 is 22.8 Å². The van der Waals surface area contributed by atoms with Gasteiger partial charge in [0.1, 0.15) is 6.04 Å². The van der Waals surface area contributed by atoms with Gasteiger partial charge in [0.25, 0.3) is 0 Å². The summed E-state index contributed by atoms with van der Waals surface area (Å²) in [5, 5.41) is 9.96. The van der Waals surface area contributed by atoms with Crippen LogP contribution < -0.4 is 0 Å². The SMILES string of the molecule is CC(C(=O)O)N(C)C(=O)CCc1ccnc2ccccc12. The summed E-state index contributed by atoms with van der Waals surface area (Å²) in [5.41, 5.74) is 1.94. The number of hydrogen-bond acceptors (Lipinski definition) is 3. The molecule has 0 fully saturated rings. The summed E-state index contributed by atoms with van der Waals surface area (Å²) in [6.45, 7) is 1.50. The first-order valence-corrected chi connectivity index (χ1v) is 6.82. The van der Waals surface area contributed by atoms with Crippen molar-refractivity contribution in [3.05, 3.63) is 42.1 Å². The molecule has 1 heterocycles. The summed E-state index contributed by atoms with van der Waals surface area (Å²) in [5.74, 6) is -1.17. The maximum absolute atomic E-state index is 12.0. The molecule has 0 aliphatic rings. The highest BCUT2D eigenvalue weighted by molar-refractivity contribution is 5.85. The summed E-state index contributed by atoms with van der Waals surface area (Å²) in [6, 6.07) is 8.86. The molecule has 5 nitrogen and oxygen atoms in total. The lowest BCUT2D eigenvalue weighted by Crippen LogP contribution is -2.40. The van der Waals surface area contributed by atoms with E-state index in [9.17, 15) is 9.59 Å². The monoisotopic (exact) mass is 286 g/mol. The summed E-state index contributed by atoms with van der Waals surface area (Å²) in [7, 11) is 1.52. The van der Waals surface area contributed by atoms with Crippen molar-refractivity contribution in [3.8, 4) is 0 Å². The minimum atomic E-state index is -1.000. The van der Waals surface area contributed by atoms with Gasteiger partial charge in [-0.05, 0) is 31.0 Å². The smallest absolute Gasteiger partial charge is 0.326 e. The quantitative estimate of drug-likeness (QED) is 0.913. The van der Waals surface area contributed by atoms with E-state index < -0.39 is 12.0 Å². The van der Waals surface area contributed by atoms with Crippen molar-refractivity contribution in [1.82, 2.24) is 9.88 Å². The Balaban J connectivity index is 2.08. The Labute approximate surface area is 123 Å². The van der Waals surface area contributed by atoms with Crippen LogP contribution in [-0.4, -0.2) is 40.0 Å². The average molecular weight is 286 g/mol. The van der Waals surface area contributed by atoms with E-state index in [-0.39, 0.29) is 12.3 Å². The van der Waals surface area contributed by atoms with Gasteiger partial charge < -0.3 is 10.0 Å². The largest absolute Gasteiger partial charge is 0.480 e. The van der Waals surface area contributed by atoms with Crippen LogP contribution in [0.15, 0.2) is 36.5 Å². The molecule has 0 aliphatic heterocycles. The van der Waals surface area contributed by atoms with Crippen molar-refractivity contribution < 1.29 is 14.7 Å². The van der Waals surface area contributed by atoms with Crippen LogP contribution in [0.1, 0.15) is 18.9 Å². The summed E-state index contributed by atoms with van der Waals surface area (Å²) in [6.07, 6.45) is 2.58. The van der Waals surface area contributed by atoms with Crippen LogP contribution in [0.5, 0.6) is 0 Å². The lowest BCUT2D eigenvalue weighted by molar-refractivity contribution is -0.148. The van der Waals surface area contributed by atoms with Gasteiger partial charge in [0.05, 0.1) is 5.52 Å². The molecule has 1 aromatic heterocycles. The average Bonchev–Trinajstić information content (AvgIpc) is 2.50. The van der Waals surface area contributed by atoms with E-state index in [2.05, 4.69) is 4.98 Å². The molecule has 0 saturated carbocycles. The predicted octanol–water partition coefficient (Wildman–Crippen LogP) is 2.10. The molecule has 0 radical (unpaired) electrons. The number of carboxylic acid groups (broad SMARTS) is 1. The van der Waals surface area contributed by atoms with E-state index in [1.807, 2.05) is 30.3 Å². The van der Waals surface area contributed by atoms with Gasteiger partial charge in [-0.2, -0.15) is 0 Å². The summed E-state index contributed by atoms with van der Waals surface area (Å²) < 4.78 is 0. The van der Waals surface area contributed by atoms with Crippen molar-refractivity contribution in [2.24, 2.45) is 0 Å². The Morgan fingerprint density at radius 2 is 2.00 bits per heavy atom. The second kappa shape index (κ2) is 6.35. The van der Waals surface area contributed by atoms with E-state index in [4.69, 9.17) is 5.11 Å². The number of aliphatic carboxylic acids is 1. The second-order valence-corrected chi connectivity index (χ2v) is 5.01. The zero-order valence-electron chi connectivity index (χ0n) is 12.1. The molecule has 0 bridgehead atoms. The molecule has 2 aromatic rings. The third-order valence-electron chi connectivity index (χ3n) is 3.68. The van der Waals surface area contributed by atoms with Gasteiger partial charge in [0.2, 0.25) is 5.91 Å². The van der Waals surface area contributed by atoms with Gasteiger partial charge in [-0.3, -0.25) is 9.78 Å². The topological polar surface area (TPSA) is 70.5 Å². The van der Waals surface area contributed by atoms with Gasteiger partial charge in [-0.25, -0.2) is 4.79 Å². The molecule has 21 heavy (non-hydrogen) atoms. The molecule has 0 aliphatic carbocycles. The number of benzene rings is 1. The molecule has 0 saturated heterocycles. The lowest BCUT2D eigenvalue weighted by Gasteiger charge is -2.21. The minimum absolute atomic E-state index is 0.175. The van der Waals surface area contributed by atoms with Crippen LogP contribution in [0, 0.1) is 0 Å². The van der Waals surface area contributed by atoms with Crippen LogP contribution in [0.3, 0.4) is 0 Å². The Morgan fingerprint density at radius 1 is 1.29 bits per heavy atom.